The molecular formula is C21H23BrN2O4S. The van der Waals surface area contributed by atoms with Gasteiger partial charge in [0.2, 0.25) is 0 Å². The second-order valence-electron chi connectivity index (χ2n) is 6.30. The van der Waals surface area contributed by atoms with Crippen molar-refractivity contribution in [2.45, 2.75) is 23.9 Å². The van der Waals surface area contributed by atoms with Gasteiger partial charge in [0.25, 0.3) is 5.56 Å². The van der Waals surface area contributed by atoms with Crippen molar-refractivity contribution in [3.05, 3.63) is 56.8 Å². The van der Waals surface area contributed by atoms with Crippen molar-refractivity contribution in [1.82, 2.24) is 9.55 Å². The number of hydrogen-bond acceptors (Lipinski definition) is 6. The Balaban J connectivity index is 1.97. The first kappa shape index (κ1) is 21.7. The number of hydrogen-bond donors (Lipinski definition) is 0. The van der Waals surface area contributed by atoms with Crippen LogP contribution in [0.2, 0.25) is 0 Å². The van der Waals surface area contributed by atoms with E-state index in [4.69, 9.17) is 19.2 Å². The number of aromatic nitrogens is 2. The number of nitrogens with zero attached hydrogens (tertiary/aromatic N) is 2. The van der Waals surface area contributed by atoms with Gasteiger partial charge in [-0.25, -0.2) is 4.98 Å². The van der Waals surface area contributed by atoms with Gasteiger partial charge >= 0.3 is 0 Å². The quantitative estimate of drug-likeness (QED) is 0.256. The maximum atomic E-state index is 13.0. The SMILES string of the molecule is COCCCn1c(SCc2cc(OC)c(Br)cc2OC)nc2ccccc2c1=O. The van der Waals surface area contributed by atoms with E-state index >= 15 is 0 Å². The zero-order valence-corrected chi connectivity index (χ0v) is 19.0. The van der Waals surface area contributed by atoms with Crippen LogP contribution in [-0.4, -0.2) is 37.5 Å². The predicted octanol–water partition coefficient (Wildman–Crippen LogP) is 4.51. The molecule has 0 aliphatic carbocycles. The first-order chi connectivity index (χ1) is 14.1. The third-order valence-electron chi connectivity index (χ3n) is 4.47. The molecule has 3 rings (SSSR count). The van der Waals surface area contributed by atoms with Crippen molar-refractivity contribution in [1.29, 1.82) is 0 Å². The van der Waals surface area contributed by atoms with Gasteiger partial charge in [-0.05, 0) is 46.6 Å². The molecule has 6 nitrogen and oxygen atoms in total. The minimum Gasteiger partial charge on any atom is -0.496 e. The molecule has 0 saturated heterocycles. The smallest absolute Gasteiger partial charge is 0.262 e. The number of fused-ring (bicyclic) bond motifs is 1. The summed E-state index contributed by atoms with van der Waals surface area (Å²) in [6.45, 7) is 1.13. The van der Waals surface area contributed by atoms with Crippen LogP contribution in [0.4, 0.5) is 0 Å². The molecule has 2 aromatic carbocycles. The second-order valence-corrected chi connectivity index (χ2v) is 8.10. The molecule has 0 amide bonds. The van der Waals surface area contributed by atoms with E-state index in [9.17, 15) is 4.79 Å². The Labute approximate surface area is 182 Å². The topological polar surface area (TPSA) is 62.6 Å². The molecule has 0 fully saturated rings. The first-order valence-electron chi connectivity index (χ1n) is 9.10. The molecule has 0 radical (unpaired) electrons. The molecule has 154 valence electrons. The molecule has 0 aliphatic heterocycles. The van der Waals surface area contributed by atoms with Gasteiger partial charge in [-0.15, -0.1) is 0 Å². The molecule has 8 heteroatoms. The molecule has 29 heavy (non-hydrogen) atoms. The average molecular weight is 479 g/mol. The van der Waals surface area contributed by atoms with Crippen LogP contribution >= 0.6 is 27.7 Å². The minimum absolute atomic E-state index is 0.0328. The molecule has 0 bridgehead atoms. The molecule has 0 saturated carbocycles. The van der Waals surface area contributed by atoms with Crippen LogP contribution < -0.4 is 15.0 Å². The van der Waals surface area contributed by atoms with Crippen molar-refractivity contribution >= 4 is 38.6 Å². The van der Waals surface area contributed by atoms with Crippen LogP contribution in [0.15, 0.2) is 50.8 Å². The summed E-state index contributed by atoms with van der Waals surface area (Å²) in [6, 6.07) is 11.2. The van der Waals surface area contributed by atoms with E-state index in [1.807, 2.05) is 36.4 Å². The summed E-state index contributed by atoms with van der Waals surface area (Å²) in [4.78, 5) is 17.8. The van der Waals surface area contributed by atoms with Gasteiger partial charge in [-0.1, -0.05) is 23.9 Å². The Kier molecular flexibility index (Phi) is 7.57. The van der Waals surface area contributed by atoms with Crippen molar-refractivity contribution in [3.63, 3.8) is 0 Å². The largest absolute Gasteiger partial charge is 0.496 e. The van der Waals surface area contributed by atoms with Crippen LogP contribution in [0, 0.1) is 0 Å². The van der Waals surface area contributed by atoms with Crippen molar-refractivity contribution in [3.8, 4) is 11.5 Å². The van der Waals surface area contributed by atoms with Gasteiger partial charge in [0, 0.05) is 31.6 Å². The molecule has 0 N–H and O–H groups in total. The summed E-state index contributed by atoms with van der Waals surface area (Å²) in [5.74, 6) is 2.06. The summed E-state index contributed by atoms with van der Waals surface area (Å²) in [5.41, 5.74) is 1.63. The van der Waals surface area contributed by atoms with E-state index in [0.29, 0.717) is 35.0 Å². The predicted molar refractivity (Wildman–Crippen MR) is 119 cm³/mol. The van der Waals surface area contributed by atoms with Gasteiger partial charge < -0.3 is 14.2 Å². The highest BCUT2D eigenvalue weighted by molar-refractivity contribution is 9.10. The number of para-hydroxylation sites is 1. The third kappa shape index (κ3) is 4.94. The Morgan fingerprint density at radius 3 is 2.59 bits per heavy atom. The van der Waals surface area contributed by atoms with Gasteiger partial charge in [-0.2, -0.15) is 0 Å². The second kappa shape index (κ2) is 10.1. The van der Waals surface area contributed by atoms with E-state index in [2.05, 4.69) is 15.9 Å². The van der Waals surface area contributed by atoms with Crippen LogP contribution in [0.5, 0.6) is 11.5 Å². The Hall–Kier alpha value is -2.03. The fourth-order valence-electron chi connectivity index (χ4n) is 3.00. The van der Waals surface area contributed by atoms with Gasteiger partial charge in [0.15, 0.2) is 5.16 Å². The Bertz CT molecular complexity index is 1050. The van der Waals surface area contributed by atoms with Crippen LogP contribution in [-0.2, 0) is 17.0 Å². The summed E-state index contributed by atoms with van der Waals surface area (Å²) in [7, 11) is 4.92. The lowest BCUT2D eigenvalue weighted by atomic mass is 10.2. The van der Waals surface area contributed by atoms with Crippen LogP contribution in [0.3, 0.4) is 0 Å². The lowest BCUT2D eigenvalue weighted by Crippen LogP contribution is -2.24. The highest BCUT2D eigenvalue weighted by Crippen LogP contribution is 2.35. The Morgan fingerprint density at radius 1 is 1.10 bits per heavy atom. The van der Waals surface area contributed by atoms with Crippen LogP contribution in [0.25, 0.3) is 10.9 Å². The van der Waals surface area contributed by atoms with Crippen molar-refractivity contribution in [2.75, 3.05) is 27.9 Å². The molecule has 1 aromatic heterocycles. The highest BCUT2D eigenvalue weighted by atomic mass is 79.9. The van der Waals surface area contributed by atoms with Gasteiger partial charge in [0.05, 0.1) is 29.6 Å². The summed E-state index contributed by atoms with van der Waals surface area (Å²) in [6.07, 6.45) is 0.736. The Morgan fingerprint density at radius 2 is 1.86 bits per heavy atom. The van der Waals surface area contributed by atoms with Gasteiger partial charge in [0.1, 0.15) is 11.5 Å². The maximum absolute atomic E-state index is 13.0. The molecule has 0 aliphatic rings. The minimum atomic E-state index is -0.0328. The summed E-state index contributed by atoms with van der Waals surface area (Å²) in [5, 5.41) is 1.30. The molecule has 3 aromatic rings. The summed E-state index contributed by atoms with van der Waals surface area (Å²) < 4.78 is 18.6. The van der Waals surface area contributed by atoms with E-state index in [0.717, 1.165) is 28.0 Å². The number of ether oxygens (including phenoxy) is 3. The monoisotopic (exact) mass is 478 g/mol. The molecular weight excluding hydrogens is 456 g/mol. The van der Waals surface area contributed by atoms with E-state index in [1.54, 1.807) is 25.9 Å². The first-order valence-corrected chi connectivity index (χ1v) is 10.9. The molecule has 0 spiro atoms. The summed E-state index contributed by atoms with van der Waals surface area (Å²) >= 11 is 4.98. The average Bonchev–Trinajstić information content (AvgIpc) is 2.74. The van der Waals surface area contributed by atoms with Gasteiger partial charge in [-0.3, -0.25) is 9.36 Å². The van der Waals surface area contributed by atoms with Crippen molar-refractivity contribution < 1.29 is 14.2 Å². The fourth-order valence-corrected chi connectivity index (χ4v) is 4.49. The molecule has 0 atom stereocenters. The maximum Gasteiger partial charge on any atom is 0.262 e. The normalized spacial score (nSPS) is 11.0. The lowest BCUT2D eigenvalue weighted by Gasteiger charge is -2.15. The third-order valence-corrected chi connectivity index (χ3v) is 6.11. The number of benzene rings is 2. The van der Waals surface area contributed by atoms with E-state index in [-0.39, 0.29) is 5.56 Å². The highest BCUT2D eigenvalue weighted by Gasteiger charge is 2.14. The zero-order valence-electron chi connectivity index (χ0n) is 16.6. The number of halogens is 1. The standard InChI is InChI=1S/C21H23BrN2O4S/c1-26-10-6-9-24-20(25)15-7-4-5-8-17(15)23-21(24)29-13-14-11-19(28-3)16(22)12-18(14)27-2/h4-5,7-8,11-12H,6,9-10,13H2,1-3H3. The van der Waals surface area contributed by atoms with E-state index in [1.165, 1.54) is 11.8 Å². The van der Waals surface area contributed by atoms with Crippen molar-refractivity contribution in [2.24, 2.45) is 0 Å². The fraction of sp³-hybridized carbons (Fsp3) is 0.333. The number of methoxy groups -OCH3 is 3. The number of rotatable bonds is 9. The van der Waals surface area contributed by atoms with E-state index < -0.39 is 0 Å². The zero-order chi connectivity index (χ0) is 20.8. The molecule has 0 unspecified atom stereocenters. The lowest BCUT2D eigenvalue weighted by molar-refractivity contribution is 0.189. The number of thioether (sulfide) groups is 1. The molecule has 1 heterocycles. The van der Waals surface area contributed by atoms with Crippen LogP contribution in [0.1, 0.15) is 12.0 Å².